The maximum Gasteiger partial charge on any atom is 0.303 e. The van der Waals surface area contributed by atoms with E-state index in [0.717, 1.165) is 52.4 Å². The zero-order valence-corrected chi connectivity index (χ0v) is 29.5. The minimum Gasteiger partial charge on any atom is -0.359 e. The molecule has 0 spiro atoms. The predicted octanol–water partition coefficient (Wildman–Crippen LogP) is 4.95. The SMILES string of the molecule is CCN(CC)C(=O)C1CCCN(C(=O)C2=Cc3ccccc3C3C(C4CCCCC4)c4ccc(C(=O)NS(=O)(=O)N(C)C)cc4N3C2)C1. The molecule has 11 heteroatoms. The summed E-state index contributed by atoms with van der Waals surface area (Å²) in [6.07, 6.45) is 9.42. The first-order chi connectivity index (χ1) is 23.0. The maximum atomic E-state index is 14.4. The summed E-state index contributed by atoms with van der Waals surface area (Å²) in [6.45, 7) is 6.64. The smallest absolute Gasteiger partial charge is 0.303 e. The summed E-state index contributed by atoms with van der Waals surface area (Å²) < 4.78 is 28.2. The topological polar surface area (TPSA) is 110 Å². The first kappa shape index (κ1) is 34.2. The van der Waals surface area contributed by atoms with Crippen LogP contribution in [-0.4, -0.2) is 87.1 Å². The standard InChI is InChI=1S/C37H49N5O5S/c1-5-40(6-2)36(44)28-16-12-20-41(23-28)37(45)29-21-26-15-10-11-17-30(26)34-33(25-13-8-7-9-14-25)31-19-18-27(22-32(31)42(34)24-29)35(43)38-48(46,47)39(3)4/h10-11,15,17-19,21-22,25,28,33-34H,5-9,12-14,16,20,23-24H2,1-4H3,(H,38,43). The third-order valence-corrected chi connectivity index (χ3v) is 12.3. The molecule has 6 rings (SSSR count). The summed E-state index contributed by atoms with van der Waals surface area (Å²) in [7, 11) is -1.22. The lowest BCUT2D eigenvalue weighted by Crippen LogP contribution is -2.47. The lowest BCUT2D eigenvalue weighted by atomic mass is 9.73. The molecule has 4 aliphatic rings. The first-order valence-corrected chi connectivity index (χ1v) is 19.0. The molecule has 48 heavy (non-hydrogen) atoms. The molecule has 2 fully saturated rings. The summed E-state index contributed by atoms with van der Waals surface area (Å²) in [5.41, 5.74) is 5.09. The number of likely N-dealkylation sites (tertiary alicyclic amines) is 1. The van der Waals surface area contributed by atoms with Crippen LogP contribution in [-0.2, 0) is 19.8 Å². The number of hydrogen-bond acceptors (Lipinski definition) is 6. The number of anilines is 1. The Morgan fingerprint density at radius 3 is 2.35 bits per heavy atom. The fraction of sp³-hybridized carbons (Fsp3) is 0.541. The van der Waals surface area contributed by atoms with Gasteiger partial charge in [0.15, 0.2) is 0 Å². The molecule has 3 heterocycles. The van der Waals surface area contributed by atoms with Crippen LogP contribution >= 0.6 is 0 Å². The van der Waals surface area contributed by atoms with Gasteiger partial charge in [0.25, 0.3) is 11.8 Å². The van der Waals surface area contributed by atoms with E-state index in [1.54, 1.807) is 12.1 Å². The number of hydrogen-bond donors (Lipinski definition) is 1. The number of piperidine rings is 1. The van der Waals surface area contributed by atoms with Gasteiger partial charge in [-0.1, -0.05) is 49.6 Å². The maximum absolute atomic E-state index is 14.4. The molecule has 0 radical (unpaired) electrons. The molecule has 3 aliphatic heterocycles. The van der Waals surface area contributed by atoms with E-state index < -0.39 is 16.1 Å². The Morgan fingerprint density at radius 2 is 1.65 bits per heavy atom. The molecule has 0 aromatic heterocycles. The van der Waals surface area contributed by atoms with Gasteiger partial charge < -0.3 is 14.7 Å². The lowest BCUT2D eigenvalue weighted by molar-refractivity contribution is -0.139. The van der Waals surface area contributed by atoms with Crippen molar-refractivity contribution < 1.29 is 22.8 Å². The fourth-order valence-electron chi connectivity index (χ4n) is 8.36. The van der Waals surface area contributed by atoms with Gasteiger partial charge in [-0.15, -0.1) is 0 Å². The van der Waals surface area contributed by atoms with Crippen molar-refractivity contribution in [3.8, 4) is 0 Å². The molecule has 2 aromatic carbocycles. The Hall–Kier alpha value is -3.70. The largest absolute Gasteiger partial charge is 0.359 e. The second-order valence-electron chi connectivity index (χ2n) is 13.9. The summed E-state index contributed by atoms with van der Waals surface area (Å²) in [5, 5.41) is 0. The Morgan fingerprint density at radius 1 is 0.917 bits per heavy atom. The first-order valence-electron chi connectivity index (χ1n) is 17.6. The Bertz CT molecular complexity index is 1700. The van der Waals surface area contributed by atoms with Crippen LogP contribution in [0, 0.1) is 11.8 Å². The average Bonchev–Trinajstić information content (AvgIpc) is 3.30. The molecule has 1 N–H and O–H groups in total. The minimum atomic E-state index is -3.98. The monoisotopic (exact) mass is 675 g/mol. The number of carbonyl (C=O) groups excluding carboxylic acids is 3. The van der Waals surface area contributed by atoms with Gasteiger partial charge in [0.2, 0.25) is 5.91 Å². The van der Waals surface area contributed by atoms with Crippen molar-refractivity contribution in [2.45, 2.75) is 70.8 Å². The van der Waals surface area contributed by atoms with Gasteiger partial charge in [-0.05, 0) is 80.3 Å². The highest BCUT2D eigenvalue weighted by atomic mass is 32.2. The normalized spacial score (nSPS) is 22.7. The van der Waals surface area contributed by atoms with Crippen molar-refractivity contribution in [1.82, 2.24) is 18.8 Å². The van der Waals surface area contributed by atoms with E-state index in [4.69, 9.17) is 0 Å². The van der Waals surface area contributed by atoms with Gasteiger partial charge in [-0.3, -0.25) is 14.4 Å². The molecule has 0 bridgehead atoms. The molecule has 1 saturated carbocycles. The lowest BCUT2D eigenvalue weighted by Gasteiger charge is -2.37. The zero-order chi connectivity index (χ0) is 34.2. The number of fused-ring (bicyclic) bond motifs is 5. The summed E-state index contributed by atoms with van der Waals surface area (Å²) in [6, 6.07) is 13.8. The van der Waals surface area contributed by atoms with Gasteiger partial charge in [-0.2, -0.15) is 12.7 Å². The summed E-state index contributed by atoms with van der Waals surface area (Å²) in [4.78, 5) is 47.0. The van der Waals surface area contributed by atoms with Crippen LogP contribution in [0.3, 0.4) is 0 Å². The van der Waals surface area contributed by atoms with Crippen LogP contribution in [0.15, 0.2) is 48.0 Å². The van der Waals surface area contributed by atoms with Crippen molar-refractivity contribution in [1.29, 1.82) is 0 Å². The number of rotatable bonds is 8. The molecule has 2 aromatic rings. The second-order valence-corrected chi connectivity index (χ2v) is 15.8. The number of amides is 3. The number of nitrogens with zero attached hydrogens (tertiary/aromatic N) is 4. The van der Waals surface area contributed by atoms with E-state index in [-0.39, 0.29) is 35.3 Å². The Kier molecular flexibility index (Phi) is 9.99. The van der Waals surface area contributed by atoms with E-state index in [2.05, 4.69) is 27.8 Å². The average molecular weight is 676 g/mol. The molecule has 1 saturated heterocycles. The Balaban J connectivity index is 1.38. The van der Waals surface area contributed by atoms with Crippen molar-refractivity contribution in [3.63, 3.8) is 0 Å². The Labute approximate surface area is 285 Å². The highest BCUT2D eigenvalue weighted by molar-refractivity contribution is 7.87. The van der Waals surface area contributed by atoms with Crippen molar-refractivity contribution in [2.24, 2.45) is 11.8 Å². The minimum absolute atomic E-state index is 0.0389. The van der Waals surface area contributed by atoms with Crippen LogP contribution in [0.25, 0.3) is 6.08 Å². The van der Waals surface area contributed by atoms with E-state index in [1.807, 2.05) is 41.9 Å². The fourth-order valence-corrected chi connectivity index (χ4v) is 8.90. The summed E-state index contributed by atoms with van der Waals surface area (Å²) in [5.74, 6) is -0.238. The highest BCUT2D eigenvalue weighted by Gasteiger charge is 2.46. The molecular weight excluding hydrogens is 627 g/mol. The molecule has 3 amide bonds. The van der Waals surface area contributed by atoms with Crippen LogP contribution in [0.1, 0.15) is 97.8 Å². The highest BCUT2D eigenvalue weighted by Crippen LogP contribution is 2.56. The third-order valence-electron chi connectivity index (χ3n) is 10.9. The third kappa shape index (κ3) is 6.51. The van der Waals surface area contributed by atoms with Crippen molar-refractivity contribution in [3.05, 3.63) is 70.3 Å². The van der Waals surface area contributed by atoms with E-state index >= 15 is 0 Å². The molecule has 258 valence electrons. The van der Waals surface area contributed by atoms with Gasteiger partial charge in [0.1, 0.15) is 0 Å². The molecule has 3 unspecified atom stereocenters. The van der Waals surface area contributed by atoms with Crippen molar-refractivity contribution in [2.75, 3.05) is 51.7 Å². The van der Waals surface area contributed by atoms with Gasteiger partial charge in [0, 0.05) is 69.6 Å². The van der Waals surface area contributed by atoms with Crippen LogP contribution in [0.5, 0.6) is 0 Å². The molecule has 3 atom stereocenters. The second kappa shape index (κ2) is 14.0. The number of carbonyl (C=O) groups is 3. The zero-order valence-electron chi connectivity index (χ0n) is 28.7. The van der Waals surface area contributed by atoms with Gasteiger partial charge >= 0.3 is 10.2 Å². The quantitative estimate of drug-likeness (QED) is 0.424. The van der Waals surface area contributed by atoms with Crippen LogP contribution in [0.4, 0.5) is 5.69 Å². The van der Waals surface area contributed by atoms with Gasteiger partial charge in [-0.25, -0.2) is 4.72 Å². The van der Waals surface area contributed by atoms with E-state index in [9.17, 15) is 22.8 Å². The van der Waals surface area contributed by atoms with Gasteiger partial charge in [0.05, 0.1) is 12.0 Å². The van der Waals surface area contributed by atoms with Crippen LogP contribution in [0.2, 0.25) is 0 Å². The summed E-state index contributed by atoms with van der Waals surface area (Å²) >= 11 is 0. The van der Waals surface area contributed by atoms with E-state index in [1.165, 1.54) is 33.4 Å². The molecule has 10 nitrogen and oxygen atoms in total. The predicted molar refractivity (Wildman–Crippen MR) is 188 cm³/mol. The van der Waals surface area contributed by atoms with Crippen LogP contribution < -0.4 is 9.62 Å². The van der Waals surface area contributed by atoms with Crippen molar-refractivity contribution >= 4 is 39.7 Å². The molecule has 1 aliphatic carbocycles. The van der Waals surface area contributed by atoms with E-state index in [0.29, 0.717) is 44.2 Å². The number of benzene rings is 2. The molecular formula is C37H49N5O5S. The number of nitrogens with one attached hydrogen (secondary N) is 1.